The van der Waals surface area contributed by atoms with Crippen LogP contribution in [0.15, 0.2) is 42.6 Å². The standard InChI is InChI=1S/C17H18N4/c1-17(2,3)14-10-15(18)21-16(20-14)12-8-9-19-13-7-5-4-6-11(12)13/h4-10H,1-3H3,(H2,18,20,21). The molecule has 2 N–H and O–H groups in total. The number of nitrogens with zero attached hydrogens (tertiary/aromatic N) is 3. The summed E-state index contributed by atoms with van der Waals surface area (Å²) >= 11 is 0. The average Bonchev–Trinajstić information content (AvgIpc) is 2.45. The van der Waals surface area contributed by atoms with E-state index in [0.29, 0.717) is 11.6 Å². The summed E-state index contributed by atoms with van der Waals surface area (Å²) in [5, 5.41) is 1.03. The number of aromatic nitrogens is 3. The van der Waals surface area contributed by atoms with E-state index in [4.69, 9.17) is 10.7 Å². The zero-order chi connectivity index (χ0) is 15.0. The van der Waals surface area contributed by atoms with Gasteiger partial charge < -0.3 is 5.73 Å². The van der Waals surface area contributed by atoms with Crippen molar-refractivity contribution in [1.82, 2.24) is 15.0 Å². The summed E-state index contributed by atoms with van der Waals surface area (Å²) in [6, 6.07) is 11.7. The van der Waals surface area contributed by atoms with Crippen LogP contribution >= 0.6 is 0 Å². The predicted molar refractivity (Wildman–Crippen MR) is 85.9 cm³/mol. The smallest absolute Gasteiger partial charge is 0.162 e. The molecule has 0 aliphatic heterocycles. The van der Waals surface area contributed by atoms with Gasteiger partial charge in [-0.1, -0.05) is 39.0 Å². The molecule has 4 nitrogen and oxygen atoms in total. The van der Waals surface area contributed by atoms with Crippen molar-refractivity contribution >= 4 is 16.7 Å². The summed E-state index contributed by atoms with van der Waals surface area (Å²) in [7, 11) is 0. The van der Waals surface area contributed by atoms with Crippen molar-refractivity contribution < 1.29 is 0 Å². The van der Waals surface area contributed by atoms with Crippen LogP contribution in [0.5, 0.6) is 0 Å². The van der Waals surface area contributed by atoms with Gasteiger partial charge in [0, 0.05) is 28.6 Å². The van der Waals surface area contributed by atoms with Gasteiger partial charge in [-0.15, -0.1) is 0 Å². The summed E-state index contributed by atoms with van der Waals surface area (Å²) in [4.78, 5) is 13.5. The monoisotopic (exact) mass is 278 g/mol. The second-order valence-corrected chi connectivity index (χ2v) is 6.13. The minimum Gasteiger partial charge on any atom is -0.384 e. The molecule has 0 unspecified atom stereocenters. The quantitative estimate of drug-likeness (QED) is 0.739. The first kappa shape index (κ1) is 13.5. The molecule has 0 aliphatic rings. The normalized spacial score (nSPS) is 11.8. The Morgan fingerprint density at radius 1 is 1.00 bits per heavy atom. The van der Waals surface area contributed by atoms with E-state index in [1.165, 1.54) is 0 Å². The molecule has 3 aromatic rings. The first-order chi connectivity index (χ1) is 9.95. The van der Waals surface area contributed by atoms with Crippen LogP contribution in [-0.4, -0.2) is 15.0 Å². The summed E-state index contributed by atoms with van der Waals surface area (Å²) in [5.74, 6) is 1.14. The molecule has 0 radical (unpaired) electrons. The van der Waals surface area contributed by atoms with Crippen LogP contribution in [0.3, 0.4) is 0 Å². The number of rotatable bonds is 1. The SMILES string of the molecule is CC(C)(C)c1cc(N)nc(-c2ccnc3ccccc23)n1. The molecule has 0 fully saturated rings. The molecule has 4 heteroatoms. The molecule has 0 spiro atoms. The van der Waals surface area contributed by atoms with E-state index >= 15 is 0 Å². The van der Waals surface area contributed by atoms with Crippen LogP contribution in [0.1, 0.15) is 26.5 Å². The molecule has 3 rings (SSSR count). The molecule has 1 aromatic carbocycles. The molecular weight excluding hydrogens is 260 g/mol. The Kier molecular flexibility index (Phi) is 3.09. The Hall–Kier alpha value is -2.49. The third kappa shape index (κ3) is 2.57. The van der Waals surface area contributed by atoms with E-state index in [-0.39, 0.29) is 5.41 Å². The fraction of sp³-hybridized carbons (Fsp3) is 0.235. The number of fused-ring (bicyclic) bond motifs is 1. The highest BCUT2D eigenvalue weighted by Crippen LogP contribution is 2.28. The van der Waals surface area contributed by atoms with E-state index in [0.717, 1.165) is 22.2 Å². The molecule has 0 saturated carbocycles. The van der Waals surface area contributed by atoms with E-state index < -0.39 is 0 Å². The molecule has 0 saturated heterocycles. The van der Waals surface area contributed by atoms with Gasteiger partial charge in [0.2, 0.25) is 0 Å². The van der Waals surface area contributed by atoms with Crippen molar-refractivity contribution in [2.45, 2.75) is 26.2 Å². The lowest BCUT2D eigenvalue weighted by atomic mass is 9.91. The van der Waals surface area contributed by atoms with Gasteiger partial charge in [0.25, 0.3) is 0 Å². The van der Waals surface area contributed by atoms with Crippen LogP contribution in [0.25, 0.3) is 22.3 Å². The Morgan fingerprint density at radius 2 is 1.76 bits per heavy atom. The number of pyridine rings is 1. The third-order valence-electron chi connectivity index (χ3n) is 3.40. The summed E-state index contributed by atoms with van der Waals surface area (Å²) in [6.07, 6.45) is 1.78. The largest absolute Gasteiger partial charge is 0.384 e. The second kappa shape index (κ2) is 4.81. The molecule has 21 heavy (non-hydrogen) atoms. The van der Waals surface area contributed by atoms with Crippen molar-refractivity contribution in [3.8, 4) is 11.4 Å². The summed E-state index contributed by atoms with van der Waals surface area (Å²) < 4.78 is 0. The molecule has 2 aromatic heterocycles. The highest BCUT2D eigenvalue weighted by molar-refractivity contribution is 5.92. The van der Waals surface area contributed by atoms with Gasteiger partial charge in [0.1, 0.15) is 5.82 Å². The lowest BCUT2D eigenvalue weighted by Crippen LogP contribution is -2.15. The minimum absolute atomic E-state index is 0.0748. The van der Waals surface area contributed by atoms with E-state index in [9.17, 15) is 0 Å². The maximum absolute atomic E-state index is 5.97. The van der Waals surface area contributed by atoms with Crippen LogP contribution in [0.2, 0.25) is 0 Å². The van der Waals surface area contributed by atoms with E-state index in [1.54, 1.807) is 6.20 Å². The zero-order valence-electron chi connectivity index (χ0n) is 12.5. The van der Waals surface area contributed by atoms with Crippen LogP contribution in [-0.2, 0) is 5.41 Å². The molecule has 0 aliphatic carbocycles. The van der Waals surface area contributed by atoms with Crippen molar-refractivity contribution in [3.05, 3.63) is 48.3 Å². The number of hydrogen-bond donors (Lipinski definition) is 1. The van der Waals surface area contributed by atoms with Gasteiger partial charge in [-0.05, 0) is 12.1 Å². The van der Waals surface area contributed by atoms with E-state index in [2.05, 4.69) is 30.7 Å². The Labute approximate surface area is 124 Å². The van der Waals surface area contributed by atoms with Gasteiger partial charge >= 0.3 is 0 Å². The Balaban J connectivity index is 2.26. The van der Waals surface area contributed by atoms with Gasteiger partial charge in [0.05, 0.1) is 11.2 Å². The van der Waals surface area contributed by atoms with Crippen LogP contribution in [0, 0.1) is 0 Å². The zero-order valence-corrected chi connectivity index (χ0v) is 12.5. The molecule has 2 heterocycles. The van der Waals surface area contributed by atoms with Gasteiger partial charge in [-0.2, -0.15) is 0 Å². The van der Waals surface area contributed by atoms with Crippen molar-refractivity contribution in [2.24, 2.45) is 0 Å². The Bertz CT molecular complexity index is 798. The lowest BCUT2D eigenvalue weighted by molar-refractivity contribution is 0.568. The van der Waals surface area contributed by atoms with Crippen LogP contribution in [0.4, 0.5) is 5.82 Å². The van der Waals surface area contributed by atoms with Crippen molar-refractivity contribution in [1.29, 1.82) is 0 Å². The number of benzene rings is 1. The molecule has 0 atom stereocenters. The van der Waals surface area contributed by atoms with Gasteiger partial charge in [0.15, 0.2) is 5.82 Å². The maximum atomic E-state index is 5.97. The number of hydrogen-bond acceptors (Lipinski definition) is 4. The number of nitrogens with two attached hydrogens (primary N) is 1. The third-order valence-corrected chi connectivity index (χ3v) is 3.40. The number of nitrogen functional groups attached to an aromatic ring is 1. The molecular formula is C17H18N4. The topological polar surface area (TPSA) is 64.7 Å². The summed E-state index contributed by atoms with van der Waals surface area (Å²) in [6.45, 7) is 6.34. The van der Waals surface area contributed by atoms with Gasteiger partial charge in [-0.3, -0.25) is 4.98 Å². The lowest BCUT2D eigenvalue weighted by Gasteiger charge is -2.19. The van der Waals surface area contributed by atoms with E-state index in [1.807, 2.05) is 36.4 Å². The fourth-order valence-corrected chi connectivity index (χ4v) is 2.26. The van der Waals surface area contributed by atoms with Crippen molar-refractivity contribution in [3.63, 3.8) is 0 Å². The van der Waals surface area contributed by atoms with Gasteiger partial charge in [-0.25, -0.2) is 9.97 Å². The summed E-state index contributed by atoms with van der Waals surface area (Å²) in [5.41, 5.74) is 8.72. The highest BCUT2D eigenvalue weighted by Gasteiger charge is 2.18. The average molecular weight is 278 g/mol. The first-order valence-electron chi connectivity index (χ1n) is 6.94. The van der Waals surface area contributed by atoms with Crippen molar-refractivity contribution in [2.75, 3.05) is 5.73 Å². The predicted octanol–water partition coefficient (Wildman–Crippen LogP) is 3.57. The fourth-order valence-electron chi connectivity index (χ4n) is 2.26. The number of anilines is 1. The second-order valence-electron chi connectivity index (χ2n) is 6.13. The Morgan fingerprint density at radius 3 is 2.52 bits per heavy atom. The first-order valence-corrected chi connectivity index (χ1v) is 6.94. The molecule has 0 bridgehead atoms. The van der Waals surface area contributed by atoms with Crippen LogP contribution < -0.4 is 5.73 Å². The maximum Gasteiger partial charge on any atom is 0.162 e. The molecule has 106 valence electrons. The number of para-hydroxylation sites is 1. The molecule has 0 amide bonds. The minimum atomic E-state index is -0.0748. The highest BCUT2D eigenvalue weighted by atomic mass is 15.0.